The van der Waals surface area contributed by atoms with Gasteiger partial charge in [-0.3, -0.25) is 0 Å². The van der Waals surface area contributed by atoms with Crippen LogP contribution in [0.3, 0.4) is 0 Å². The lowest BCUT2D eigenvalue weighted by atomic mass is 10.1. The number of ether oxygens (including phenoxy) is 1. The zero-order chi connectivity index (χ0) is 9.42. The number of hydrogen-bond acceptors (Lipinski definition) is 3. The summed E-state index contributed by atoms with van der Waals surface area (Å²) in [6, 6.07) is 2.16. The van der Waals surface area contributed by atoms with Crippen molar-refractivity contribution in [2.45, 2.75) is 19.9 Å². The number of alkyl carbamates (subject to hydrolysis) is 1. The molecule has 0 radical (unpaired) electrons. The van der Waals surface area contributed by atoms with Crippen LogP contribution in [-0.4, -0.2) is 12.7 Å². The number of thiophene rings is 1. The van der Waals surface area contributed by atoms with Crippen molar-refractivity contribution in [3.8, 4) is 0 Å². The van der Waals surface area contributed by atoms with Gasteiger partial charge in [0.15, 0.2) is 0 Å². The molecule has 1 unspecified atom stereocenters. The standard InChI is InChI=1S/C9H11NO2S/c1-5-3-7(6(2)13-5)8-4-12-9(11)10-8/h3,8H,4H2,1-2H3,(H,10,11). The van der Waals surface area contributed by atoms with Crippen molar-refractivity contribution >= 4 is 17.4 Å². The Hall–Kier alpha value is -1.03. The largest absolute Gasteiger partial charge is 0.447 e. The van der Waals surface area contributed by atoms with Crippen LogP contribution in [0.15, 0.2) is 6.07 Å². The maximum absolute atomic E-state index is 10.8. The highest BCUT2D eigenvalue weighted by Gasteiger charge is 2.25. The molecule has 0 aromatic carbocycles. The molecule has 1 saturated heterocycles. The first-order valence-corrected chi connectivity index (χ1v) is 4.98. The highest BCUT2D eigenvalue weighted by molar-refractivity contribution is 7.12. The Labute approximate surface area is 80.7 Å². The van der Waals surface area contributed by atoms with Crippen molar-refractivity contribution in [2.24, 2.45) is 0 Å². The van der Waals surface area contributed by atoms with Crippen molar-refractivity contribution in [2.75, 3.05) is 6.61 Å². The molecule has 1 atom stereocenters. The maximum atomic E-state index is 10.8. The summed E-state index contributed by atoms with van der Waals surface area (Å²) in [4.78, 5) is 13.3. The first-order chi connectivity index (χ1) is 6.16. The van der Waals surface area contributed by atoms with Crippen molar-refractivity contribution in [1.29, 1.82) is 0 Å². The molecular formula is C9H11NO2S. The fourth-order valence-electron chi connectivity index (χ4n) is 1.55. The van der Waals surface area contributed by atoms with Gasteiger partial charge in [-0.15, -0.1) is 11.3 Å². The molecule has 0 spiro atoms. The normalized spacial score (nSPS) is 21.4. The van der Waals surface area contributed by atoms with E-state index in [9.17, 15) is 4.79 Å². The lowest BCUT2D eigenvalue weighted by molar-refractivity contribution is 0.177. The van der Waals surface area contributed by atoms with Crippen LogP contribution in [0.5, 0.6) is 0 Å². The second-order valence-corrected chi connectivity index (χ2v) is 4.62. The Morgan fingerprint density at radius 2 is 2.38 bits per heavy atom. The Kier molecular flexibility index (Phi) is 2.00. The summed E-state index contributed by atoms with van der Waals surface area (Å²) in [6.45, 7) is 4.59. The molecule has 4 heteroatoms. The fraction of sp³-hybridized carbons (Fsp3) is 0.444. The highest BCUT2D eigenvalue weighted by atomic mass is 32.1. The molecule has 1 aromatic heterocycles. The zero-order valence-electron chi connectivity index (χ0n) is 7.59. The Morgan fingerprint density at radius 1 is 1.62 bits per heavy atom. The van der Waals surface area contributed by atoms with Gasteiger partial charge in [0.05, 0.1) is 6.04 Å². The van der Waals surface area contributed by atoms with Crippen LogP contribution >= 0.6 is 11.3 Å². The topological polar surface area (TPSA) is 38.3 Å². The number of cyclic esters (lactones) is 1. The van der Waals surface area contributed by atoms with Crippen LogP contribution in [0.4, 0.5) is 4.79 Å². The molecule has 3 nitrogen and oxygen atoms in total. The molecule has 2 heterocycles. The number of hydrogen-bond donors (Lipinski definition) is 1. The van der Waals surface area contributed by atoms with Gasteiger partial charge in [-0.2, -0.15) is 0 Å². The number of nitrogens with one attached hydrogen (secondary N) is 1. The Morgan fingerprint density at radius 3 is 2.85 bits per heavy atom. The molecule has 1 aliphatic heterocycles. The number of carbonyl (C=O) groups is 1. The van der Waals surface area contributed by atoms with Crippen LogP contribution in [0.25, 0.3) is 0 Å². The average Bonchev–Trinajstić information content (AvgIpc) is 2.58. The average molecular weight is 197 g/mol. The minimum atomic E-state index is -0.312. The molecule has 0 aliphatic carbocycles. The molecule has 0 bridgehead atoms. The lowest BCUT2D eigenvalue weighted by Crippen LogP contribution is -2.18. The minimum absolute atomic E-state index is 0.0532. The van der Waals surface area contributed by atoms with Crippen LogP contribution in [0.1, 0.15) is 21.4 Å². The Balaban J connectivity index is 2.25. The summed E-state index contributed by atoms with van der Waals surface area (Å²) in [7, 11) is 0. The third-order valence-corrected chi connectivity index (χ3v) is 3.11. The van der Waals surface area contributed by atoms with Gasteiger partial charge in [0.25, 0.3) is 0 Å². The molecule has 1 amide bonds. The highest BCUT2D eigenvalue weighted by Crippen LogP contribution is 2.28. The summed E-state index contributed by atoms with van der Waals surface area (Å²) in [6.07, 6.45) is -0.312. The third-order valence-electron chi connectivity index (χ3n) is 2.13. The molecule has 1 aromatic rings. The van der Waals surface area contributed by atoms with Crippen molar-refractivity contribution in [1.82, 2.24) is 5.32 Å². The molecule has 2 rings (SSSR count). The predicted octanol–water partition coefficient (Wildman–Crippen LogP) is 2.15. The second kappa shape index (κ2) is 3.03. The van der Waals surface area contributed by atoms with Gasteiger partial charge < -0.3 is 10.1 Å². The van der Waals surface area contributed by atoms with E-state index < -0.39 is 0 Å². The molecule has 1 aliphatic rings. The van der Waals surface area contributed by atoms with Crippen LogP contribution in [-0.2, 0) is 4.74 Å². The lowest BCUT2D eigenvalue weighted by Gasteiger charge is -2.05. The van der Waals surface area contributed by atoms with Crippen LogP contribution in [0.2, 0.25) is 0 Å². The molecule has 1 fully saturated rings. The van der Waals surface area contributed by atoms with Gasteiger partial charge in [0, 0.05) is 9.75 Å². The Bertz CT molecular complexity index is 345. The smallest absolute Gasteiger partial charge is 0.407 e. The zero-order valence-corrected chi connectivity index (χ0v) is 8.40. The molecule has 1 N–H and O–H groups in total. The van der Waals surface area contributed by atoms with E-state index in [2.05, 4.69) is 25.2 Å². The van der Waals surface area contributed by atoms with E-state index in [-0.39, 0.29) is 12.1 Å². The summed E-state index contributed by atoms with van der Waals surface area (Å²) < 4.78 is 4.84. The van der Waals surface area contributed by atoms with Crippen molar-refractivity contribution < 1.29 is 9.53 Å². The second-order valence-electron chi connectivity index (χ2n) is 3.16. The molecule has 70 valence electrons. The van der Waals surface area contributed by atoms with Gasteiger partial charge >= 0.3 is 6.09 Å². The first kappa shape index (κ1) is 8.56. The number of rotatable bonds is 1. The molecular weight excluding hydrogens is 186 g/mol. The van der Waals surface area contributed by atoms with Crippen molar-refractivity contribution in [3.05, 3.63) is 21.4 Å². The van der Waals surface area contributed by atoms with Gasteiger partial charge in [-0.1, -0.05) is 0 Å². The number of amides is 1. The van der Waals surface area contributed by atoms with Gasteiger partial charge in [-0.25, -0.2) is 4.79 Å². The third kappa shape index (κ3) is 1.54. The summed E-state index contributed by atoms with van der Waals surface area (Å²) in [5.74, 6) is 0. The van der Waals surface area contributed by atoms with E-state index >= 15 is 0 Å². The van der Waals surface area contributed by atoms with Crippen LogP contribution < -0.4 is 5.32 Å². The summed E-state index contributed by atoms with van der Waals surface area (Å²) in [5, 5.41) is 2.77. The van der Waals surface area contributed by atoms with E-state index in [0.29, 0.717) is 6.61 Å². The monoisotopic (exact) mass is 197 g/mol. The fourth-order valence-corrected chi connectivity index (χ4v) is 2.54. The van der Waals surface area contributed by atoms with Gasteiger partial charge in [-0.05, 0) is 25.5 Å². The molecule has 0 saturated carbocycles. The van der Waals surface area contributed by atoms with E-state index in [1.165, 1.54) is 15.3 Å². The number of carbonyl (C=O) groups excluding carboxylic acids is 1. The van der Waals surface area contributed by atoms with E-state index in [0.717, 1.165) is 0 Å². The van der Waals surface area contributed by atoms with E-state index in [4.69, 9.17) is 4.74 Å². The quantitative estimate of drug-likeness (QED) is 0.749. The maximum Gasteiger partial charge on any atom is 0.407 e. The predicted molar refractivity (Wildman–Crippen MR) is 51.0 cm³/mol. The summed E-state index contributed by atoms with van der Waals surface area (Å²) in [5.41, 5.74) is 1.19. The number of aryl methyl sites for hydroxylation is 2. The first-order valence-electron chi connectivity index (χ1n) is 4.17. The SMILES string of the molecule is Cc1cc(C2COC(=O)N2)c(C)s1. The van der Waals surface area contributed by atoms with Gasteiger partial charge in [0.2, 0.25) is 0 Å². The van der Waals surface area contributed by atoms with Crippen LogP contribution in [0, 0.1) is 13.8 Å². The van der Waals surface area contributed by atoms with E-state index in [1.807, 2.05) is 0 Å². The molecule has 13 heavy (non-hydrogen) atoms. The van der Waals surface area contributed by atoms with E-state index in [1.54, 1.807) is 11.3 Å². The van der Waals surface area contributed by atoms with Crippen molar-refractivity contribution in [3.63, 3.8) is 0 Å². The van der Waals surface area contributed by atoms with Gasteiger partial charge in [0.1, 0.15) is 6.61 Å². The minimum Gasteiger partial charge on any atom is -0.447 e. The summed E-state index contributed by atoms with van der Waals surface area (Å²) >= 11 is 1.75.